The van der Waals surface area contributed by atoms with E-state index in [1.807, 2.05) is 11.6 Å². The van der Waals surface area contributed by atoms with Gasteiger partial charge in [-0.1, -0.05) is 19.8 Å². The Morgan fingerprint density at radius 1 is 1.45 bits per heavy atom. The molecule has 0 saturated heterocycles. The lowest BCUT2D eigenvalue weighted by molar-refractivity contribution is -0.532. The number of unbranched alkanes of at least 4 members (excludes halogenated alkanes) is 2. The number of hydrogen-bond acceptors (Lipinski definition) is 1. The first-order valence-electron chi connectivity index (χ1n) is 4.45. The molecule has 66 valence electrons. The topological polar surface area (TPSA) is 15.0 Å². The predicted octanol–water partition coefficient (Wildman–Crippen LogP) is 1.46. The van der Waals surface area contributed by atoms with E-state index in [9.17, 15) is 0 Å². The lowest BCUT2D eigenvalue weighted by Gasteiger charge is -2.08. The van der Waals surface area contributed by atoms with Gasteiger partial charge in [0, 0.05) is 13.5 Å². The van der Waals surface area contributed by atoms with Crippen LogP contribution in [0.4, 0.5) is 0 Å². The standard InChI is InChI=1S/C9H21N2/c1-5-6-7-8-10-9(2)11(3)4/h9-10H,3,5-8H2,1-2,4H3/q+1. The maximum Gasteiger partial charge on any atom is 0.202 e. The van der Waals surface area contributed by atoms with Crippen molar-refractivity contribution in [3.8, 4) is 0 Å². The molecule has 2 heteroatoms. The van der Waals surface area contributed by atoms with Gasteiger partial charge in [-0.3, -0.25) is 5.32 Å². The molecule has 1 N–H and O–H groups in total. The normalized spacial score (nSPS) is 13.0. The third-order valence-corrected chi connectivity index (χ3v) is 1.88. The van der Waals surface area contributed by atoms with Crippen LogP contribution in [0.2, 0.25) is 0 Å². The Labute approximate surface area is 70.3 Å². The van der Waals surface area contributed by atoms with Gasteiger partial charge in [-0.15, -0.1) is 0 Å². The molecule has 0 fully saturated rings. The fourth-order valence-electron chi connectivity index (χ4n) is 0.842. The van der Waals surface area contributed by atoms with E-state index in [0.29, 0.717) is 6.17 Å². The summed E-state index contributed by atoms with van der Waals surface area (Å²) in [5, 5.41) is 3.38. The van der Waals surface area contributed by atoms with Crippen LogP contribution in [0.15, 0.2) is 0 Å². The smallest absolute Gasteiger partial charge is 0.202 e. The van der Waals surface area contributed by atoms with Crippen LogP contribution in [0.5, 0.6) is 0 Å². The highest BCUT2D eigenvalue weighted by atomic mass is 15.1. The van der Waals surface area contributed by atoms with Crippen molar-refractivity contribution in [1.82, 2.24) is 5.32 Å². The molecule has 0 aromatic heterocycles. The molecule has 2 nitrogen and oxygen atoms in total. The second-order valence-corrected chi connectivity index (χ2v) is 3.09. The van der Waals surface area contributed by atoms with Crippen molar-refractivity contribution in [1.29, 1.82) is 0 Å². The highest BCUT2D eigenvalue weighted by Gasteiger charge is 2.04. The van der Waals surface area contributed by atoms with Gasteiger partial charge >= 0.3 is 0 Å². The first-order valence-corrected chi connectivity index (χ1v) is 4.45. The van der Waals surface area contributed by atoms with E-state index in [4.69, 9.17) is 0 Å². The summed E-state index contributed by atoms with van der Waals surface area (Å²) in [4.78, 5) is 0. The second kappa shape index (κ2) is 6.35. The molecular formula is C9H21N2+. The minimum Gasteiger partial charge on any atom is -0.260 e. The molecule has 0 saturated carbocycles. The van der Waals surface area contributed by atoms with Crippen LogP contribution in [0, 0.1) is 0 Å². The molecule has 0 rings (SSSR count). The van der Waals surface area contributed by atoms with Crippen LogP contribution < -0.4 is 5.32 Å². The molecule has 11 heavy (non-hydrogen) atoms. The van der Waals surface area contributed by atoms with Gasteiger partial charge in [-0.25, -0.2) is 4.58 Å². The molecule has 0 radical (unpaired) electrons. The zero-order valence-corrected chi connectivity index (χ0v) is 8.06. The van der Waals surface area contributed by atoms with Crippen LogP contribution in [0.25, 0.3) is 0 Å². The van der Waals surface area contributed by atoms with Crippen molar-refractivity contribution in [2.24, 2.45) is 0 Å². The second-order valence-electron chi connectivity index (χ2n) is 3.09. The van der Waals surface area contributed by atoms with E-state index >= 15 is 0 Å². The Morgan fingerprint density at radius 2 is 2.09 bits per heavy atom. The highest BCUT2D eigenvalue weighted by molar-refractivity contribution is 5.14. The van der Waals surface area contributed by atoms with Crippen LogP contribution in [-0.4, -0.2) is 31.1 Å². The van der Waals surface area contributed by atoms with Crippen molar-refractivity contribution in [2.75, 3.05) is 13.6 Å². The van der Waals surface area contributed by atoms with E-state index in [0.717, 1.165) is 6.54 Å². The first kappa shape index (κ1) is 10.6. The van der Waals surface area contributed by atoms with E-state index in [2.05, 4.69) is 25.9 Å². The van der Waals surface area contributed by atoms with Gasteiger partial charge < -0.3 is 0 Å². The molecule has 0 amide bonds. The lowest BCUT2D eigenvalue weighted by atomic mass is 10.2. The van der Waals surface area contributed by atoms with Gasteiger partial charge in [0.25, 0.3) is 0 Å². The van der Waals surface area contributed by atoms with Gasteiger partial charge in [-0.2, -0.15) is 0 Å². The average Bonchev–Trinajstić information content (AvgIpc) is 1.97. The summed E-state index contributed by atoms with van der Waals surface area (Å²) in [6.45, 7) is 9.26. The summed E-state index contributed by atoms with van der Waals surface area (Å²) < 4.78 is 1.94. The summed E-state index contributed by atoms with van der Waals surface area (Å²) in [6, 6.07) is 0. The molecular weight excluding hydrogens is 136 g/mol. The van der Waals surface area contributed by atoms with Crippen molar-refractivity contribution in [3.63, 3.8) is 0 Å². The fraction of sp³-hybridized carbons (Fsp3) is 0.889. The Morgan fingerprint density at radius 3 is 2.55 bits per heavy atom. The number of hydrogen-bond donors (Lipinski definition) is 1. The Balaban J connectivity index is 3.17. The van der Waals surface area contributed by atoms with E-state index in [-0.39, 0.29) is 0 Å². The van der Waals surface area contributed by atoms with Gasteiger partial charge in [0.2, 0.25) is 6.17 Å². The van der Waals surface area contributed by atoms with Crippen molar-refractivity contribution in [3.05, 3.63) is 0 Å². The van der Waals surface area contributed by atoms with Gasteiger partial charge in [0.05, 0.1) is 0 Å². The molecule has 0 aliphatic rings. The number of nitrogens with one attached hydrogen (secondary N) is 1. The van der Waals surface area contributed by atoms with E-state index in [1.54, 1.807) is 0 Å². The summed E-state index contributed by atoms with van der Waals surface area (Å²) >= 11 is 0. The van der Waals surface area contributed by atoms with Gasteiger partial charge in [-0.05, 0) is 6.42 Å². The molecule has 0 heterocycles. The zero-order valence-electron chi connectivity index (χ0n) is 8.06. The van der Waals surface area contributed by atoms with Gasteiger partial charge in [0.15, 0.2) is 0 Å². The highest BCUT2D eigenvalue weighted by Crippen LogP contribution is 1.91. The van der Waals surface area contributed by atoms with E-state index < -0.39 is 0 Å². The third-order valence-electron chi connectivity index (χ3n) is 1.88. The zero-order chi connectivity index (χ0) is 8.69. The summed E-state index contributed by atoms with van der Waals surface area (Å²) in [5.41, 5.74) is 0. The van der Waals surface area contributed by atoms with Crippen molar-refractivity contribution >= 4 is 6.72 Å². The van der Waals surface area contributed by atoms with Crippen molar-refractivity contribution < 1.29 is 4.58 Å². The molecule has 1 atom stereocenters. The Hall–Kier alpha value is -0.370. The van der Waals surface area contributed by atoms with Crippen LogP contribution in [0.3, 0.4) is 0 Å². The van der Waals surface area contributed by atoms with Crippen LogP contribution >= 0.6 is 0 Å². The van der Waals surface area contributed by atoms with E-state index in [1.165, 1.54) is 19.3 Å². The van der Waals surface area contributed by atoms with Crippen LogP contribution in [0.1, 0.15) is 33.1 Å². The molecule has 0 aromatic carbocycles. The molecule has 0 aliphatic carbocycles. The SMILES string of the molecule is C=[N+](C)C(C)NCCCCC. The third kappa shape index (κ3) is 6.05. The number of nitrogens with zero attached hydrogens (tertiary/aromatic N) is 1. The summed E-state index contributed by atoms with van der Waals surface area (Å²) in [7, 11) is 1.98. The lowest BCUT2D eigenvalue weighted by Crippen LogP contribution is -2.35. The molecule has 0 aromatic rings. The number of rotatable bonds is 6. The molecule has 0 bridgehead atoms. The molecule has 0 spiro atoms. The fourth-order valence-corrected chi connectivity index (χ4v) is 0.842. The first-order chi connectivity index (χ1) is 5.18. The predicted molar refractivity (Wildman–Crippen MR) is 50.3 cm³/mol. The van der Waals surface area contributed by atoms with Gasteiger partial charge in [0.1, 0.15) is 13.8 Å². The maximum atomic E-state index is 3.81. The molecule has 0 aliphatic heterocycles. The minimum atomic E-state index is 0.395. The van der Waals surface area contributed by atoms with Crippen LogP contribution in [-0.2, 0) is 0 Å². The Bertz CT molecular complexity index is 110. The quantitative estimate of drug-likeness (QED) is 0.267. The minimum absolute atomic E-state index is 0.395. The maximum absolute atomic E-state index is 3.81. The average molecular weight is 157 g/mol. The summed E-state index contributed by atoms with van der Waals surface area (Å²) in [5.74, 6) is 0. The monoisotopic (exact) mass is 157 g/mol. The molecule has 1 unspecified atom stereocenters. The Kier molecular flexibility index (Phi) is 6.13. The van der Waals surface area contributed by atoms with Crippen molar-refractivity contribution in [2.45, 2.75) is 39.3 Å². The largest absolute Gasteiger partial charge is 0.260 e. The summed E-state index contributed by atoms with van der Waals surface area (Å²) in [6.07, 6.45) is 4.28.